The molecular weight excluding hydrogens is 318 g/mol. The number of carbonyl (C=O) groups excluding carboxylic acids is 1. The molecule has 0 aliphatic carbocycles. The van der Waals surface area contributed by atoms with Crippen molar-refractivity contribution in [2.45, 2.75) is 31.1 Å². The lowest BCUT2D eigenvalue weighted by Gasteiger charge is -2.32. The van der Waals surface area contributed by atoms with Crippen molar-refractivity contribution in [3.05, 3.63) is 18.2 Å². The average molecular weight is 341 g/mol. The number of anilines is 1. The molecule has 2 rings (SSSR count). The zero-order valence-electron chi connectivity index (χ0n) is 13.4. The number of ether oxygens (including phenoxy) is 1. The summed E-state index contributed by atoms with van der Waals surface area (Å²) in [6.45, 7) is 3.55. The van der Waals surface area contributed by atoms with Crippen molar-refractivity contribution in [1.29, 1.82) is 0 Å². The van der Waals surface area contributed by atoms with Gasteiger partial charge in [-0.25, -0.2) is 18.4 Å². The molecule has 128 valence electrons. The fraction of sp³-hybridized carbons (Fsp3) is 0.533. The predicted molar refractivity (Wildman–Crippen MR) is 88.0 cm³/mol. The van der Waals surface area contributed by atoms with Gasteiger partial charge in [-0.05, 0) is 37.0 Å². The highest BCUT2D eigenvalue weighted by Crippen LogP contribution is 2.26. The van der Waals surface area contributed by atoms with E-state index in [0.29, 0.717) is 18.2 Å². The number of primary sulfonamides is 1. The lowest BCUT2D eigenvalue weighted by molar-refractivity contribution is 0.176. The lowest BCUT2D eigenvalue weighted by Crippen LogP contribution is -2.42. The molecule has 0 aromatic heterocycles. The zero-order valence-corrected chi connectivity index (χ0v) is 14.2. The minimum absolute atomic E-state index is 0.148. The maximum absolute atomic E-state index is 12.3. The molecule has 1 heterocycles. The molecule has 0 saturated carbocycles. The second kappa shape index (κ2) is 7.18. The third-order valence-electron chi connectivity index (χ3n) is 4.10. The maximum Gasteiger partial charge on any atom is 0.321 e. The van der Waals surface area contributed by atoms with Gasteiger partial charge in [-0.2, -0.15) is 0 Å². The number of methoxy groups -OCH3 is 1. The quantitative estimate of drug-likeness (QED) is 0.874. The molecule has 0 bridgehead atoms. The van der Waals surface area contributed by atoms with Gasteiger partial charge in [0.1, 0.15) is 10.6 Å². The number of carbonyl (C=O) groups is 1. The first-order valence-electron chi connectivity index (χ1n) is 7.62. The van der Waals surface area contributed by atoms with Crippen molar-refractivity contribution in [1.82, 2.24) is 4.90 Å². The van der Waals surface area contributed by atoms with Crippen LogP contribution in [0.25, 0.3) is 0 Å². The molecule has 3 N–H and O–H groups in total. The number of hydrogen-bond acceptors (Lipinski definition) is 4. The van der Waals surface area contributed by atoms with Gasteiger partial charge < -0.3 is 15.0 Å². The third kappa shape index (κ3) is 4.35. The number of piperidine rings is 1. The van der Waals surface area contributed by atoms with Gasteiger partial charge >= 0.3 is 6.03 Å². The van der Waals surface area contributed by atoms with Gasteiger partial charge in [0.2, 0.25) is 10.0 Å². The minimum atomic E-state index is -3.93. The van der Waals surface area contributed by atoms with Gasteiger partial charge in [0.15, 0.2) is 0 Å². The van der Waals surface area contributed by atoms with Gasteiger partial charge in [0, 0.05) is 18.8 Å². The Labute approximate surface area is 136 Å². The summed E-state index contributed by atoms with van der Waals surface area (Å²) in [5.41, 5.74) is 0.374. The summed E-state index contributed by atoms with van der Waals surface area (Å²) in [5, 5.41) is 7.91. The maximum atomic E-state index is 12.3. The minimum Gasteiger partial charge on any atom is -0.495 e. The molecule has 0 spiro atoms. The molecule has 1 saturated heterocycles. The summed E-state index contributed by atoms with van der Waals surface area (Å²) in [6, 6.07) is 4.15. The smallest absolute Gasteiger partial charge is 0.321 e. The highest BCUT2D eigenvalue weighted by molar-refractivity contribution is 7.89. The summed E-state index contributed by atoms with van der Waals surface area (Å²) >= 11 is 0. The van der Waals surface area contributed by atoms with Crippen LogP contribution in [0.1, 0.15) is 26.2 Å². The number of rotatable bonds is 4. The Bertz CT molecular complexity index is 675. The molecular formula is C15H23N3O4S. The van der Waals surface area contributed by atoms with Crippen LogP contribution in [0.4, 0.5) is 10.5 Å². The Morgan fingerprint density at radius 3 is 2.83 bits per heavy atom. The molecule has 1 aromatic rings. The van der Waals surface area contributed by atoms with Gasteiger partial charge in [-0.15, -0.1) is 0 Å². The number of urea groups is 1. The Morgan fingerprint density at radius 2 is 2.22 bits per heavy atom. The molecule has 1 atom stereocenters. The Morgan fingerprint density at radius 1 is 1.48 bits per heavy atom. The van der Waals surface area contributed by atoms with Crippen LogP contribution in [0.15, 0.2) is 23.1 Å². The number of nitrogens with two attached hydrogens (primary N) is 1. The van der Waals surface area contributed by atoms with E-state index >= 15 is 0 Å². The number of nitrogens with one attached hydrogen (secondary N) is 1. The first kappa shape index (κ1) is 17.6. The summed E-state index contributed by atoms with van der Waals surface area (Å²) < 4.78 is 28.2. The van der Waals surface area contributed by atoms with Crippen LogP contribution in [0.2, 0.25) is 0 Å². The number of nitrogens with zero attached hydrogens (tertiary/aromatic N) is 1. The van der Waals surface area contributed by atoms with Crippen molar-refractivity contribution in [2.75, 3.05) is 25.5 Å². The Hall–Kier alpha value is -1.80. The Kier molecular flexibility index (Phi) is 5.48. The van der Waals surface area contributed by atoms with Crippen LogP contribution in [0.3, 0.4) is 0 Å². The van der Waals surface area contributed by atoms with E-state index in [1.807, 2.05) is 0 Å². The van der Waals surface area contributed by atoms with Gasteiger partial charge in [-0.1, -0.05) is 13.3 Å². The van der Waals surface area contributed by atoms with Crippen LogP contribution in [-0.4, -0.2) is 39.5 Å². The average Bonchev–Trinajstić information content (AvgIpc) is 2.54. The molecule has 23 heavy (non-hydrogen) atoms. The highest BCUT2D eigenvalue weighted by Gasteiger charge is 2.23. The fourth-order valence-electron chi connectivity index (χ4n) is 2.76. The number of hydrogen-bond donors (Lipinski definition) is 2. The molecule has 1 fully saturated rings. The molecule has 0 unspecified atom stereocenters. The zero-order chi connectivity index (χ0) is 17.0. The van der Waals surface area contributed by atoms with Gasteiger partial charge in [-0.3, -0.25) is 0 Å². The predicted octanol–water partition coefficient (Wildman–Crippen LogP) is 2.00. The van der Waals surface area contributed by atoms with Crippen molar-refractivity contribution < 1.29 is 17.9 Å². The van der Waals surface area contributed by atoms with Crippen LogP contribution in [0, 0.1) is 5.92 Å². The van der Waals surface area contributed by atoms with E-state index in [9.17, 15) is 13.2 Å². The Balaban J connectivity index is 2.15. The van der Waals surface area contributed by atoms with Crippen LogP contribution in [-0.2, 0) is 10.0 Å². The SMILES string of the molecule is CC[C@H]1CCCN(C(=O)Nc2ccc(OC)c(S(N)(=O)=O)c2)C1. The van der Waals surface area contributed by atoms with E-state index in [1.54, 1.807) is 11.0 Å². The number of sulfonamides is 1. The van der Waals surface area contributed by atoms with E-state index in [-0.39, 0.29) is 16.7 Å². The fourth-order valence-corrected chi connectivity index (χ4v) is 3.49. The number of benzene rings is 1. The van der Waals surface area contributed by atoms with Gasteiger partial charge in [0.05, 0.1) is 7.11 Å². The normalized spacial score (nSPS) is 18.6. The van der Waals surface area contributed by atoms with E-state index in [0.717, 1.165) is 25.8 Å². The lowest BCUT2D eigenvalue weighted by atomic mass is 9.96. The third-order valence-corrected chi connectivity index (χ3v) is 5.04. The summed E-state index contributed by atoms with van der Waals surface area (Å²) in [6.07, 6.45) is 3.16. The molecule has 1 aliphatic heterocycles. The monoisotopic (exact) mass is 341 g/mol. The van der Waals surface area contributed by atoms with Crippen molar-refractivity contribution in [2.24, 2.45) is 11.1 Å². The molecule has 7 nitrogen and oxygen atoms in total. The molecule has 1 aliphatic rings. The van der Waals surface area contributed by atoms with E-state index < -0.39 is 10.0 Å². The molecule has 2 amide bonds. The topological polar surface area (TPSA) is 102 Å². The van der Waals surface area contributed by atoms with Crippen molar-refractivity contribution >= 4 is 21.7 Å². The van der Waals surface area contributed by atoms with Crippen LogP contribution >= 0.6 is 0 Å². The second-order valence-electron chi connectivity index (χ2n) is 5.70. The highest BCUT2D eigenvalue weighted by atomic mass is 32.2. The first-order chi connectivity index (χ1) is 10.8. The molecule has 1 aromatic carbocycles. The molecule has 8 heteroatoms. The standard InChI is InChI=1S/C15H23N3O4S/c1-3-11-5-4-8-18(10-11)15(19)17-12-6-7-13(22-2)14(9-12)23(16,20)21/h6-7,9,11H,3-5,8,10H2,1-2H3,(H,17,19)(H2,16,20,21)/t11-/m0/s1. The second-order valence-corrected chi connectivity index (χ2v) is 7.23. The first-order valence-corrected chi connectivity index (χ1v) is 9.16. The van der Waals surface area contributed by atoms with Gasteiger partial charge in [0.25, 0.3) is 0 Å². The van der Waals surface area contributed by atoms with Crippen LogP contribution in [0.5, 0.6) is 5.75 Å². The largest absolute Gasteiger partial charge is 0.495 e. The number of likely N-dealkylation sites (tertiary alicyclic amines) is 1. The molecule has 0 radical (unpaired) electrons. The van der Waals surface area contributed by atoms with E-state index in [4.69, 9.17) is 9.88 Å². The summed E-state index contributed by atoms with van der Waals surface area (Å²) in [5.74, 6) is 0.667. The summed E-state index contributed by atoms with van der Waals surface area (Å²) in [7, 11) is -2.57. The van der Waals surface area contributed by atoms with Crippen molar-refractivity contribution in [3.8, 4) is 5.75 Å². The van der Waals surface area contributed by atoms with Crippen molar-refractivity contribution in [3.63, 3.8) is 0 Å². The van der Waals surface area contributed by atoms with E-state index in [1.165, 1.54) is 19.2 Å². The summed E-state index contributed by atoms with van der Waals surface area (Å²) in [4.78, 5) is 14.0. The van der Waals surface area contributed by atoms with Crippen LogP contribution < -0.4 is 15.2 Å². The van der Waals surface area contributed by atoms with E-state index in [2.05, 4.69) is 12.2 Å². The number of amides is 2.